The molecule has 114 valence electrons. The molecule has 0 saturated carbocycles. The van der Waals surface area contributed by atoms with Crippen LogP contribution in [0.3, 0.4) is 0 Å². The van der Waals surface area contributed by atoms with Crippen LogP contribution in [0, 0.1) is 23.6 Å². The maximum Gasteiger partial charge on any atom is 0.241 e. The van der Waals surface area contributed by atoms with E-state index in [2.05, 4.69) is 16.6 Å². The first-order valence-electron chi connectivity index (χ1n) is 6.59. The Morgan fingerprint density at radius 2 is 2.29 bits per heavy atom. The number of rotatable bonds is 4. The van der Waals surface area contributed by atoms with Crippen molar-refractivity contribution in [1.29, 1.82) is 0 Å². The van der Waals surface area contributed by atoms with Gasteiger partial charge in [-0.25, -0.2) is 17.5 Å². The molecule has 1 heterocycles. The summed E-state index contributed by atoms with van der Waals surface area (Å²) in [6.07, 6.45) is 0.825. The summed E-state index contributed by atoms with van der Waals surface area (Å²) in [5.41, 5.74) is 5.38. The van der Waals surface area contributed by atoms with Crippen molar-refractivity contribution in [2.24, 2.45) is 11.7 Å². The highest BCUT2D eigenvalue weighted by Crippen LogP contribution is 2.18. The van der Waals surface area contributed by atoms with Crippen molar-refractivity contribution in [3.8, 4) is 11.8 Å². The van der Waals surface area contributed by atoms with Gasteiger partial charge in [-0.15, -0.1) is 0 Å². The molecule has 1 fully saturated rings. The Hall–Kier alpha value is -1.46. The Morgan fingerprint density at radius 1 is 1.48 bits per heavy atom. The van der Waals surface area contributed by atoms with Gasteiger partial charge in [-0.3, -0.25) is 0 Å². The fourth-order valence-corrected chi connectivity index (χ4v) is 3.29. The molecule has 1 aromatic carbocycles. The molecule has 0 bridgehead atoms. The number of nitrogens with two attached hydrogens (primary N) is 1. The molecule has 1 aliphatic heterocycles. The molecule has 21 heavy (non-hydrogen) atoms. The lowest BCUT2D eigenvalue weighted by Crippen LogP contribution is -2.30. The second-order valence-corrected chi connectivity index (χ2v) is 6.46. The third-order valence-corrected chi connectivity index (χ3v) is 4.62. The highest BCUT2D eigenvalue weighted by Gasteiger charge is 2.22. The predicted molar refractivity (Wildman–Crippen MR) is 76.4 cm³/mol. The second kappa shape index (κ2) is 7.00. The Bertz CT molecular complexity index is 659. The Balaban J connectivity index is 2.21. The molecule has 1 unspecified atom stereocenters. The molecular weight excluding hydrogens is 295 g/mol. The molecule has 1 atom stereocenters. The van der Waals surface area contributed by atoms with Crippen molar-refractivity contribution < 1.29 is 17.5 Å². The van der Waals surface area contributed by atoms with Gasteiger partial charge >= 0.3 is 0 Å². The molecule has 2 rings (SSSR count). The molecule has 1 aromatic rings. The number of ether oxygens (including phenoxy) is 1. The first-order chi connectivity index (χ1) is 10.0. The first kappa shape index (κ1) is 15.9. The zero-order valence-corrected chi connectivity index (χ0v) is 12.2. The summed E-state index contributed by atoms with van der Waals surface area (Å²) in [6, 6.07) is 3.40. The molecule has 5 nitrogen and oxygen atoms in total. The van der Waals surface area contributed by atoms with Crippen molar-refractivity contribution in [2.45, 2.75) is 11.3 Å². The van der Waals surface area contributed by atoms with Gasteiger partial charge in [0.15, 0.2) is 0 Å². The second-order valence-electron chi connectivity index (χ2n) is 4.73. The fourth-order valence-electron chi connectivity index (χ4n) is 2.03. The van der Waals surface area contributed by atoms with E-state index in [1.165, 1.54) is 6.07 Å². The number of benzene rings is 1. The van der Waals surface area contributed by atoms with Crippen LogP contribution in [-0.4, -0.2) is 34.7 Å². The molecule has 0 spiro atoms. The van der Waals surface area contributed by atoms with Gasteiger partial charge < -0.3 is 10.5 Å². The Kier molecular flexibility index (Phi) is 5.31. The molecule has 1 aliphatic rings. The zero-order valence-electron chi connectivity index (χ0n) is 11.4. The molecule has 1 saturated heterocycles. The summed E-state index contributed by atoms with van der Waals surface area (Å²) in [4.78, 5) is -0.0382. The maximum absolute atomic E-state index is 13.3. The minimum absolute atomic E-state index is 0.0382. The van der Waals surface area contributed by atoms with Crippen LogP contribution < -0.4 is 10.5 Å². The third-order valence-electron chi connectivity index (χ3n) is 3.14. The van der Waals surface area contributed by atoms with Crippen LogP contribution in [0.1, 0.15) is 12.0 Å². The van der Waals surface area contributed by atoms with E-state index >= 15 is 0 Å². The van der Waals surface area contributed by atoms with Gasteiger partial charge in [0, 0.05) is 18.7 Å². The number of hydrogen-bond acceptors (Lipinski definition) is 4. The van der Waals surface area contributed by atoms with E-state index in [0.717, 1.165) is 18.6 Å². The summed E-state index contributed by atoms with van der Waals surface area (Å²) in [5.74, 6) is 4.75. The van der Waals surface area contributed by atoms with Crippen molar-refractivity contribution >= 4 is 10.0 Å². The quantitative estimate of drug-likeness (QED) is 0.791. The normalized spacial score (nSPS) is 18.3. The SMILES string of the molecule is NCC#Cc1cc(F)ccc1S(=O)(=O)NCC1CCOC1. The van der Waals surface area contributed by atoms with E-state index in [-0.39, 0.29) is 22.9 Å². The van der Waals surface area contributed by atoms with Crippen molar-refractivity contribution in [3.63, 3.8) is 0 Å². The first-order valence-corrected chi connectivity index (χ1v) is 8.07. The number of nitrogens with one attached hydrogen (secondary N) is 1. The minimum Gasteiger partial charge on any atom is -0.381 e. The van der Waals surface area contributed by atoms with Gasteiger partial charge in [0.2, 0.25) is 10.0 Å². The van der Waals surface area contributed by atoms with Crippen LogP contribution in [0.25, 0.3) is 0 Å². The topological polar surface area (TPSA) is 81.4 Å². The van der Waals surface area contributed by atoms with Gasteiger partial charge in [-0.2, -0.15) is 0 Å². The van der Waals surface area contributed by atoms with Gasteiger partial charge in [0.25, 0.3) is 0 Å². The van der Waals surface area contributed by atoms with Gasteiger partial charge in [-0.1, -0.05) is 11.8 Å². The summed E-state index contributed by atoms with van der Waals surface area (Å²) in [7, 11) is -3.74. The van der Waals surface area contributed by atoms with Crippen molar-refractivity contribution in [2.75, 3.05) is 26.3 Å². The van der Waals surface area contributed by atoms with E-state index in [4.69, 9.17) is 10.5 Å². The lowest BCUT2D eigenvalue weighted by atomic mass is 10.1. The lowest BCUT2D eigenvalue weighted by Gasteiger charge is -2.11. The van der Waals surface area contributed by atoms with Crippen LogP contribution in [0.2, 0.25) is 0 Å². The molecule has 0 aliphatic carbocycles. The van der Waals surface area contributed by atoms with Crippen LogP contribution >= 0.6 is 0 Å². The highest BCUT2D eigenvalue weighted by molar-refractivity contribution is 7.89. The molecule has 0 radical (unpaired) electrons. The average Bonchev–Trinajstić information content (AvgIpc) is 2.96. The molecule has 0 aromatic heterocycles. The lowest BCUT2D eigenvalue weighted by molar-refractivity contribution is 0.186. The third kappa shape index (κ3) is 4.25. The highest BCUT2D eigenvalue weighted by atomic mass is 32.2. The van der Waals surface area contributed by atoms with Gasteiger partial charge in [0.1, 0.15) is 5.82 Å². The standard InChI is InChI=1S/C14H17FN2O3S/c15-13-3-4-14(12(8-13)2-1-6-16)21(18,19)17-9-11-5-7-20-10-11/h3-4,8,11,17H,5-7,9-10,16H2. The molecule has 0 amide bonds. The smallest absolute Gasteiger partial charge is 0.241 e. The van der Waals surface area contributed by atoms with Gasteiger partial charge in [0.05, 0.1) is 18.0 Å². The summed E-state index contributed by atoms with van der Waals surface area (Å²) < 4.78 is 45.6. The molecule has 3 N–H and O–H groups in total. The maximum atomic E-state index is 13.3. The van der Waals surface area contributed by atoms with Crippen LogP contribution in [0.15, 0.2) is 23.1 Å². The summed E-state index contributed by atoms with van der Waals surface area (Å²) in [6.45, 7) is 1.56. The number of hydrogen-bond donors (Lipinski definition) is 2. The predicted octanol–water partition coefficient (Wildman–Crippen LogP) is 0.451. The van der Waals surface area contributed by atoms with Crippen LogP contribution in [0.5, 0.6) is 0 Å². The Morgan fingerprint density at radius 3 is 2.95 bits per heavy atom. The fraction of sp³-hybridized carbons (Fsp3) is 0.429. The van der Waals surface area contributed by atoms with E-state index in [0.29, 0.717) is 19.8 Å². The molecular formula is C14H17FN2O3S. The number of sulfonamides is 1. The van der Waals surface area contributed by atoms with Crippen molar-refractivity contribution in [3.05, 3.63) is 29.6 Å². The molecule has 7 heteroatoms. The summed E-state index contributed by atoms with van der Waals surface area (Å²) in [5, 5.41) is 0. The van der Waals surface area contributed by atoms with Gasteiger partial charge in [-0.05, 0) is 30.5 Å². The zero-order chi connectivity index (χ0) is 15.3. The van der Waals surface area contributed by atoms with E-state index in [9.17, 15) is 12.8 Å². The van der Waals surface area contributed by atoms with E-state index in [1.807, 2.05) is 0 Å². The van der Waals surface area contributed by atoms with Crippen molar-refractivity contribution in [1.82, 2.24) is 4.72 Å². The summed E-state index contributed by atoms with van der Waals surface area (Å²) >= 11 is 0. The van der Waals surface area contributed by atoms with Crippen LogP contribution in [0.4, 0.5) is 4.39 Å². The van der Waals surface area contributed by atoms with Crippen LogP contribution in [-0.2, 0) is 14.8 Å². The largest absolute Gasteiger partial charge is 0.381 e. The minimum atomic E-state index is -3.74. The Labute approximate surface area is 123 Å². The monoisotopic (exact) mass is 312 g/mol. The number of halogens is 1. The van der Waals surface area contributed by atoms with E-state index in [1.54, 1.807) is 0 Å². The average molecular weight is 312 g/mol. The van der Waals surface area contributed by atoms with E-state index < -0.39 is 15.8 Å².